The average Bonchev–Trinajstić information content (AvgIpc) is 3.73. The summed E-state index contributed by atoms with van der Waals surface area (Å²) in [5.74, 6) is 1.71. The fraction of sp³-hybridized carbons (Fsp3) is 0.379. The highest BCUT2D eigenvalue weighted by Gasteiger charge is 2.34. The summed E-state index contributed by atoms with van der Waals surface area (Å²) < 4.78 is 47.0. The maximum Gasteiger partial charge on any atom is 0.418 e. The first-order valence-corrected chi connectivity index (χ1v) is 13.2. The molecule has 1 aliphatic heterocycles. The van der Waals surface area contributed by atoms with E-state index in [4.69, 9.17) is 14.7 Å². The van der Waals surface area contributed by atoms with Gasteiger partial charge in [0, 0.05) is 36.7 Å². The number of hydrogen-bond acceptors (Lipinski definition) is 7. The molecule has 202 valence electrons. The lowest BCUT2D eigenvalue weighted by molar-refractivity contribution is -0.137. The lowest BCUT2D eigenvalue weighted by Crippen LogP contribution is -2.45. The lowest BCUT2D eigenvalue weighted by atomic mass is 10.1. The zero-order valence-electron chi connectivity index (χ0n) is 21.7. The third-order valence-corrected chi connectivity index (χ3v) is 7.05. The zero-order chi connectivity index (χ0) is 27.1. The van der Waals surface area contributed by atoms with Crippen molar-refractivity contribution in [2.45, 2.75) is 57.5 Å². The summed E-state index contributed by atoms with van der Waals surface area (Å²) >= 11 is 0. The summed E-state index contributed by atoms with van der Waals surface area (Å²) in [7, 11) is 0. The van der Waals surface area contributed by atoms with E-state index in [0.717, 1.165) is 24.8 Å². The molecule has 0 radical (unpaired) electrons. The Morgan fingerprint density at radius 3 is 2.44 bits per heavy atom. The largest absolute Gasteiger partial charge is 0.418 e. The van der Waals surface area contributed by atoms with E-state index in [2.05, 4.69) is 32.3 Å². The van der Waals surface area contributed by atoms with Gasteiger partial charge in [-0.1, -0.05) is 12.1 Å². The van der Waals surface area contributed by atoms with E-state index in [-0.39, 0.29) is 23.5 Å². The molecule has 2 fully saturated rings. The Morgan fingerprint density at radius 2 is 1.74 bits per heavy atom. The molecule has 0 bridgehead atoms. The van der Waals surface area contributed by atoms with Crippen molar-refractivity contribution in [3.8, 4) is 11.3 Å². The number of ether oxygens (including phenoxy) is 1. The predicted octanol–water partition coefficient (Wildman–Crippen LogP) is 6.34. The molecule has 6 rings (SSSR count). The summed E-state index contributed by atoms with van der Waals surface area (Å²) in [5.41, 5.74) is 2.35. The molecule has 7 nitrogen and oxygen atoms in total. The van der Waals surface area contributed by atoms with E-state index in [9.17, 15) is 13.2 Å². The fourth-order valence-electron chi connectivity index (χ4n) is 5.22. The first kappa shape index (κ1) is 25.6. The van der Waals surface area contributed by atoms with Crippen LogP contribution < -0.4 is 5.32 Å². The van der Waals surface area contributed by atoms with Crippen molar-refractivity contribution >= 4 is 22.5 Å². The standard InChI is InChI=1S/C29H29F3N6O/c1-17-14-38(15-18(2)39-17)16-25-36-24-12-21(26-23(29(30,31)32)4-3-11-33-26)13-34-27(24)28(37-25)35-22-9-7-20(8-10-22)19-5-6-19/h3-4,7-13,17-19H,5-6,14-16H2,1-2H3,(H,35,36,37)/t17-,18+. The van der Waals surface area contributed by atoms with Crippen LogP contribution in [-0.4, -0.2) is 50.1 Å². The van der Waals surface area contributed by atoms with E-state index in [0.29, 0.717) is 35.1 Å². The second-order valence-corrected chi connectivity index (χ2v) is 10.5. The van der Waals surface area contributed by atoms with Gasteiger partial charge in [0.2, 0.25) is 0 Å². The molecule has 1 aromatic carbocycles. The molecular weight excluding hydrogens is 505 g/mol. The van der Waals surface area contributed by atoms with E-state index in [1.165, 1.54) is 36.9 Å². The van der Waals surface area contributed by atoms with Crippen molar-refractivity contribution in [2.75, 3.05) is 18.4 Å². The molecule has 3 aromatic heterocycles. The van der Waals surface area contributed by atoms with Crippen LogP contribution >= 0.6 is 0 Å². The Morgan fingerprint density at radius 1 is 1.00 bits per heavy atom. The molecule has 0 spiro atoms. The van der Waals surface area contributed by atoms with Gasteiger partial charge in [-0.05, 0) is 68.5 Å². The Balaban J connectivity index is 1.40. The van der Waals surface area contributed by atoms with Crippen LogP contribution in [0.15, 0.2) is 54.9 Å². The Kier molecular flexibility index (Phi) is 6.68. The summed E-state index contributed by atoms with van der Waals surface area (Å²) in [6.07, 6.45) is 0.812. The highest BCUT2D eigenvalue weighted by molar-refractivity contribution is 5.89. The van der Waals surface area contributed by atoms with Gasteiger partial charge in [0.05, 0.1) is 35.5 Å². The average molecular weight is 535 g/mol. The number of benzene rings is 1. The van der Waals surface area contributed by atoms with Crippen molar-refractivity contribution in [3.05, 3.63) is 71.8 Å². The molecule has 39 heavy (non-hydrogen) atoms. The van der Waals surface area contributed by atoms with E-state index < -0.39 is 11.7 Å². The van der Waals surface area contributed by atoms with Crippen LogP contribution in [0.5, 0.6) is 0 Å². The molecular formula is C29H29F3N6O. The molecule has 1 N–H and O–H groups in total. The highest BCUT2D eigenvalue weighted by Crippen LogP contribution is 2.40. The van der Waals surface area contributed by atoms with Crippen LogP contribution in [0.3, 0.4) is 0 Å². The van der Waals surface area contributed by atoms with Gasteiger partial charge in [-0.25, -0.2) is 15.0 Å². The van der Waals surface area contributed by atoms with Crippen LogP contribution in [0.2, 0.25) is 0 Å². The minimum absolute atomic E-state index is 0.0787. The molecule has 4 heterocycles. The van der Waals surface area contributed by atoms with Gasteiger partial charge in [0.15, 0.2) is 5.82 Å². The molecule has 4 aromatic rings. The summed E-state index contributed by atoms with van der Waals surface area (Å²) in [6, 6.07) is 12.2. The van der Waals surface area contributed by atoms with E-state index in [1.807, 2.05) is 26.0 Å². The number of nitrogens with zero attached hydrogens (tertiary/aromatic N) is 5. The van der Waals surface area contributed by atoms with Gasteiger partial charge in [-0.2, -0.15) is 13.2 Å². The number of aromatic nitrogens is 4. The van der Waals surface area contributed by atoms with Gasteiger partial charge >= 0.3 is 6.18 Å². The van der Waals surface area contributed by atoms with Crippen molar-refractivity contribution in [2.24, 2.45) is 0 Å². The van der Waals surface area contributed by atoms with Gasteiger partial charge in [0.1, 0.15) is 11.3 Å². The third-order valence-electron chi connectivity index (χ3n) is 7.05. The van der Waals surface area contributed by atoms with Crippen molar-refractivity contribution < 1.29 is 17.9 Å². The molecule has 10 heteroatoms. The van der Waals surface area contributed by atoms with Crippen LogP contribution in [0.4, 0.5) is 24.7 Å². The molecule has 2 aliphatic rings. The number of rotatable bonds is 6. The van der Waals surface area contributed by atoms with Crippen molar-refractivity contribution in [3.63, 3.8) is 0 Å². The van der Waals surface area contributed by atoms with Crippen LogP contribution in [0.1, 0.15) is 49.6 Å². The number of alkyl halides is 3. The highest BCUT2D eigenvalue weighted by atomic mass is 19.4. The number of pyridine rings is 2. The maximum absolute atomic E-state index is 13.7. The van der Waals surface area contributed by atoms with Gasteiger partial charge in [-0.3, -0.25) is 9.88 Å². The molecule has 1 aliphatic carbocycles. The van der Waals surface area contributed by atoms with E-state index >= 15 is 0 Å². The number of halogens is 3. The summed E-state index contributed by atoms with van der Waals surface area (Å²) in [5, 5.41) is 3.37. The quantitative estimate of drug-likeness (QED) is 0.310. The van der Waals surface area contributed by atoms with Gasteiger partial charge < -0.3 is 10.1 Å². The first-order chi connectivity index (χ1) is 18.7. The Bertz CT molecular complexity index is 1480. The second-order valence-electron chi connectivity index (χ2n) is 10.5. The van der Waals surface area contributed by atoms with Crippen molar-refractivity contribution in [1.82, 2.24) is 24.8 Å². The smallest absolute Gasteiger partial charge is 0.373 e. The van der Waals surface area contributed by atoms with Crippen molar-refractivity contribution in [1.29, 1.82) is 0 Å². The van der Waals surface area contributed by atoms with Gasteiger partial charge in [0.25, 0.3) is 0 Å². The number of nitrogens with one attached hydrogen (secondary N) is 1. The molecule has 0 unspecified atom stereocenters. The van der Waals surface area contributed by atoms with Gasteiger partial charge in [-0.15, -0.1) is 0 Å². The van der Waals surface area contributed by atoms with E-state index in [1.54, 1.807) is 6.07 Å². The molecule has 2 atom stereocenters. The SMILES string of the molecule is C[C@@H]1CN(Cc2nc(Nc3ccc(C4CC4)cc3)c3ncc(-c4ncccc4C(F)(F)F)cc3n2)C[C@H](C)O1. The third kappa shape index (κ3) is 5.72. The topological polar surface area (TPSA) is 76.1 Å². The summed E-state index contributed by atoms with van der Waals surface area (Å²) in [6.45, 7) is 6.01. The molecule has 0 amide bonds. The Hall–Kier alpha value is -3.63. The Labute approximate surface area is 224 Å². The number of anilines is 2. The summed E-state index contributed by atoms with van der Waals surface area (Å²) in [4.78, 5) is 20.3. The first-order valence-electron chi connectivity index (χ1n) is 13.2. The minimum atomic E-state index is -4.54. The minimum Gasteiger partial charge on any atom is -0.373 e. The number of fused-ring (bicyclic) bond motifs is 1. The number of hydrogen-bond donors (Lipinski definition) is 1. The fourth-order valence-corrected chi connectivity index (χ4v) is 5.22. The predicted molar refractivity (Wildman–Crippen MR) is 143 cm³/mol. The van der Waals surface area contributed by atoms with Crippen LogP contribution in [0.25, 0.3) is 22.3 Å². The molecule has 1 saturated heterocycles. The second kappa shape index (κ2) is 10.2. The normalized spacial score (nSPS) is 20.3. The van der Waals surface area contributed by atoms with Crippen LogP contribution in [0, 0.1) is 0 Å². The van der Waals surface area contributed by atoms with Crippen LogP contribution in [-0.2, 0) is 17.5 Å². The zero-order valence-corrected chi connectivity index (χ0v) is 21.7. The monoisotopic (exact) mass is 534 g/mol. The maximum atomic E-state index is 13.7. The number of morpholine rings is 1. The molecule has 1 saturated carbocycles. The lowest BCUT2D eigenvalue weighted by Gasteiger charge is -2.34.